The third-order valence-corrected chi connectivity index (χ3v) is 2.13. The molecule has 0 radical (unpaired) electrons. The Hall–Kier alpha value is -2.12. The van der Waals surface area contributed by atoms with Crippen molar-refractivity contribution in [1.29, 1.82) is 0 Å². The number of aliphatic carboxylic acids is 1. The van der Waals surface area contributed by atoms with Gasteiger partial charge in [-0.15, -0.1) is 0 Å². The van der Waals surface area contributed by atoms with E-state index in [0.29, 0.717) is 12.8 Å². The molecule has 1 heterocycles. The summed E-state index contributed by atoms with van der Waals surface area (Å²) in [5, 5.41) is 17.7. The van der Waals surface area contributed by atoms with Crippen LogP contribution in [0.15, 0.2) is 4.63 Å². The summed E-state index contributed by atoms with van der Waals surface area (Å²) in [6.07, 6.45) is 1.13. The van der Waals surface area contributed by atoms with E-state index < -0.39 is 11.9 Å². The first-order valence-electron chi connectivity index (χ1n) is 5.11. The summed E-state index contributed by atoms with van der Waals surface area (Å²) in [6.45, 7) is 1.77. The SMILES string of the molecule is CC(CCCC(=O)O)NC(=O)c1nonc1N. The first-order chi connectivity index (χ1) is 8.00. The topological polar surface area (TPSA) is 131 Å². The first-order valence-corrected chi connectivity index (χ1v) is 5.11. The summed E-state index contributed by atoms with van der Waals surface area (Å²) in [5.41, 5.74) is 5.29. The van der Waals surface area contributed by atoms with Crippen molar-refractivity contribution in [2.24, 2.45) is 0 Å². The average Bonchev–Trinajstić information content (AvgIpc) is 2.63. The zero-order valence-electron chi connectivity index (χ0n) is 9.34. The summed E-state index contributed by atoms with van der Waals surface area (Å²) >= 11 is 0. The number of carbonyl (C=O) groups excluding carboxylic acids is 1. The van der Waals surface area contributed by atoms with Gasteiger partial charge in [0, 0.05) is 12.5 Å². The molecular weight excluding hydrogens is 228 g/mol. The number of nitrogens with zero attached hydrogens (tertiary/aromatic N) is 2. The number of hydrogen-bond donors (Lipinski definition) is 3. The van der Waals surface area contributed by atoms with Gasteiger partial charge in [-0.3, -0.25) is 9.59 Å². The smallest absolute Gasteiger partial charge is 0.303 e. The minimum absolute atomic E-state index is 0.0601. The minimum Gasteiger partial charge on any atom is -0.481 e. The van der Waals surface area contributed by atoms with Crippen molar-refractivity contribution in [3.05, 3.63) is 5.69 Å². The van der Waals surface area contributed by atoms with Gasteiger partial charge in [0.15, 0.2) is 0 Å². The number of aromatic nitrogens is 2. The van der Waals surface area contributed by atoms with Crippen molar-refractivity contribution in [2.45, 2.75) is 32.2 Å². The van der Waals surface area contributed by atoms with E-state index in [0.717, 1.165) is 0 Å². The van der Waals surface area contributed by atoms with Gasteiger partial charge < -0.3 is 16.2 Å². The van der Waals surface area contributed by atoms with Gasteiger partial charge in [0.05, 0.1) is 0 Å². The Morgan fingerprint density at radius 2 is 2.24 bits per heavy atom. The Kier molecular flexibility index (Phi) is 4.44. The van der Waals surface area contributed by atoms with Crippen LogP contribution in [0.25, 0.3) is 0 Å². The zero-order chi connectivity index (χ0) is 12.8. The number of anilines is 1. The molecule has 0 bridgehead atoms. The number of hydrogen-bond acceptors (Lipinski definition) is 6. The highest BCUT2D eigenvalue weighted by molar-refractivity contribution is 5.96. The molecule has 0 saturated heterocycles. The Morgan fingerprint density at radius 1 is 1.53 bits per heavy atom. The van der Waals surface area contributed by atoms with Gasteiger partial charge in [0.25, 0.3) is 5.91 Å². The van der Waals surface area contributed by atoms with Crippen LogP contribution < -0.4 is 11.1 Å². The Morgan fingerprint density at radius 3 is 2.76 bits per heavy atom. The van der Waals surface area contributed by atoms with E-state index in [1.807, 2.05) is 0 Å². The Labute approximate surface area is 97.1 Å². The summed E-state index contributed by atoms with van der Waals surface area (Å²) in [4.78, 5) is 21.9. The van der Waals surface area contributed by atoms with Crippen LogP contribution in [-0.2, 0) is 4.79 Å². The second kappa shape index (κ2) is 5.83. The standard InChI is InChI=1S/C9H14N4O4/c1-5(3-2-4-6(14)15)11-9(16)7-8(10)13-17-12-7/h5H,2-4H2,1H3,(H2,10,13)(H,11,16)(H,14,15). The van der Waals surface area contributed by atoms with Crippen LogP contribution in [0.5, 0.6) is 0 Å². The fraction of sp³-hybridized carbons (Fsp3) is 0.556. The molecule has 1 amide bonds. The van der Waals surface area contributed by atoms with Crippen LogP contribution in [0.3, 0.4) is 0 Å². The summed E-state index contributed by atoms with van der Waals surface area (Å²) in [7, 11) is 0. The van der Waals surface area contributed by atoms with Gasteiger partial charge in [-0.1, -0.05) is 0 Å². The highest BCUT2D eigenvalue weighted by atomic mass is 16.6. The van der Waals surface area contributed by atoms with Crippen LogP contribution in [0.4, 0.5) is 5.82 Å². The molecule has 8 nitrogen and oxygen atoms in total. The van der Waals surface area contributed by atoms with E-state index >= 15 is 0 Å². The molecule has 0 aliphatic rings. The molecule has 4 N–H and O–H groups in total. The molecule has 0 aliphatic heterocycles. The van der Waals surface area contributed by atoms with Gasteiger partial charge in [0.1, 0.15) is 0 Å². The molecule has 1 atom stereocenters. The maximum absolute atomic E-state index is 11.6. The Bertz CT molecular complexity index is 403. The largest absolute Gasteiger partial charge is 0.481 e. The highest BCUT2D eigenvalue weighted by Crippen LogP contribution is 2.06. The molecule has 17 heavy (non-hydrogen) atoms. The molecule has 1 aromatic heterocycles. The van der Waals surface area contributed by atoms with Crippen molar-refractivity contribution in [3.8, 4) is 0 Å². The van der Waals surface area contributed by atoms with Crippen LogP contribution >= 0.6 is 0 Å². The molecule has 1 aromatic rings. The monoisotopic (exact) mass is 242 g/mol. The third kappa shape index (κ3) is 4.09. The van der Waals surface area contributed by atoms with E-state index in [1.54, 1.807) is 6.92 Å². The molecular formula is C9H14N4O4. The molecule has 0 saturated carbocycles. The number of nitrogen functional groups attached to an aromatic ring is 1. The molecule has 0 fully saturated rings. The van der Waals surface area contributed by atoms with Gasteiger partial charge >= 0.3 is 5.97 Å². The van der Waals surface area contributed by atoms with Gasteiger partial charge in [-0.25, -0.2) is 4.63 Å². The second-order valence-corrected chi connectivity index (χ2v) is 3.66. The lowest BCUT2D eigenvalue weighted by Gasteiger charge is -2.11. The van der Waals surface area contributed by atoms with Crippen LogP contribution in [0, 0.1) is 0 Å². The van der Waals surface area contributed by atoms with Crippen LogP contribution in [-0.4, -0.2) is 33.3 Å². The van der Waals surface area contributed by atoms with Crippen LogP contribution in [0.2, 0.25) is 0 Å². The van der Waals surface area contributed by atoms with E-state index in [2.05, 4.69) is 20.3 Å². The fourth-order valence-electron chi connectivity index (χ4n) is 1.28. The van der Waals surface area contributed by atoms with Crippen molar-refractivity contribution in [2.75, 3.05) is 5.73 Å². The predicted molar refractivity (Wildman–Crippen MR) is 57.1 cm³/mol. The number of rotatable bonds is 6. The van der Waals surface area contributed by atoms with Crippen LogP contribution in [0.1, 0.15) is 36.7 Å². The van der Waals surface area contributed by atoms with E-state index in [4.69, 9.17) is 10.8 Å². The molecule has 1 rings (SSSR count). The summed E-state index contributed by atoms with van der Waals surface area (Å²) in [6, 6.07) is -0.169. The minimum atomic E-state index is -0.853. The van der Waals surface area contributed by atoms with Gasteiger partial charge in [0.2, 0.25) is 11.5 Å². The number of nitrogens with two attached hydrogens (primary N) is 1. The lowest BCUT2D eigenvalue weighted by molar-refractivity contribution is -0.137. The Balaban J connectivity index is 2.36. The van der Waals surface area contributed by atoms with Crippen molar-refractivity contribution < 1.29 is 19.3 Å². The molecule has 94 valence electrons. The first kappa shape index (κ1) is 12.9. The number of amides is 1. The number of carbonyl (C=O) groups is 2. The molecule has 8 heteroatoms. The molecule has 0 aliphatic carbocycles. The highest BCUT2D eigenvalue weighted by Gasteiger charge is 2.17. The van der Waals surface area contributed by atoms with E-state index in [-0.39, 0.29) is 24.0 Å². The van der Waals surface area contributed by atoms with Crippen molar-refractivity contribution in [1.82, 2.24) is 15.6 Å². The van der Waals surface area contributed by atoms with E-state index in [9.17, 15) is 9.59 Å². The number of nitrogens with one attached hydrogen (secondary N) is 1. The molecule has 0 aromatic carbocycles. The normalized spacial score (nSPS) is 12.1. The van der Waals surface area contributed by atoms with E-state index in [1.165, 1.54) is 0 Å². The van der Waals surface area contributed by atoms with Gasteiger partial charge in [-0.05, 0) is 30.1 Å². The lowest BCUT2D eigenvalue weighted by atomic mass is 10.1. The molecule has 1 unspecified atom stereocenters. The number of carboxylic acid groups (broad SMARTS) is 1. The summed E-state index contributed by atoms with van der Waals surface area (Å²) < 4.78 is 4.30. The number of carboxylic acids is 1. The average molecular weight is 242 g/mol. The molecule has 0 spiro atoms. The third-order valence-electron chi connectivity index (χ3n) is 2.13. The fourth-order valence-corrected chi connectivity index (χ4v) is 1.28. The van der Waals surface area contributed by atoms with Crippen molar-refractivity contribution >= 4 is 17.7 Å². The maximum atomic E-state index is 11.6. The quantitative estimate of drug-likeness (QED) is 0.640. The predicted octanol–water partition coefficient (Wildman–Crippen LogP) is 0.0250. The maximum Gasteiger partial charge on any atom is 0.303 e. The lowest BCUT2D eigenvalue weighted by Crippen LogP contribution is -2.33. The zero-order valence-corrected chi connectivity index (χ0v) is 9.34. The second-order valence-electron chi connectivity index (χ2n) is 3.66. The van der Waals surface area contributed by atoms with Crippen molar-refractivity contribution in [3.63, 3.8) is 0 Å². The van der Waals surface area contributed by atoms with Gasteiger partial charge in [-0.2, -0.15) is 0 Å². The summed E-state index contributed by atoms with van der Waals surface area (Å²) in [5.74, 6) is -1.40.